The molecule has 0 fully saturated rings. The number of anilines is 1. The van der Waals surface area contributed by atoms with Gasteiger partial charge in [-0.3, -0.25) is 14.2 Å². The molecule has 1 heterocycles. The van der Waals surface area contributed by atoms with Gasteiger partial charge in [0.25, 0.3) is 10.0 Å². The predicted molar refractivity (Wildman–Crippen MR) is 76.5 cm³/mol. The van der Waals surface area contributed by atoms with Crippen molar-refractivity contribution in [3.63, 3.8) is 0 Å². The molecule has 0 bridgehead atoms. The van der Waals surface area contributed by atoms with Gasteiger partial charge in [-0.15, -0.1) is 0 Å². The lowest BCUT2D eigenvalue weighted by atomic mass is 10.2. The standard InChI is InChI=1S/C13H15N3O4S/c1-10-3-2-4-11(7-10)15-21(19,20)12-8-14-16(9-12)6-5-13(17)18/h2-4,7-9,15H,5-6H2,1H3,(H,17,18). The maximum atomic E-state index is 12.2. The maximum absolute atomic E-state index is 12.2. The van der Waals surface area contributed by atoms with Crippen molar-refractivity contribution >= 4 is 21.7 Å². The van der Waals surface area contributed by atoms with Crippen LogP contribution >= 0.6 is 0 Å². The van der Waals surface area contributed by atoms with E-state index in [0.717, 1.165) is 5.56 Å². The second kappa shape index (κ2) is 5.96. The first kappa shape index (κ1) is 15.0. The predicted octanol–water partition coefficient (Wildman–Crippen LogP) is 1.47. The highest BCUT2D eigenvalue weighted by Crippen LogP contribution is 2.16. The zero-order chi connectivity index (χ0) is 15.5. The number of nitrogens with zero attached hydrogens (tertiary/aromatic N) is 2. The molecule has 0 saturated carbocycles. The Morgan fingerprint density at radius 1 is 1.43 bits per heavy atom. The van der Waals surface area contributed by atoms with E-state index in [-0.39, 0.29) is 17.9 Å². The number of aliphatic carboxylic acids is 1. The number of sulfonamides is 1. The van der Waals surface area contributed by atoms with Crippen LogP contribution in [0.4, 0.5) is 5.69 Å². The van der Waals surface area contributed by atoms with Gasteiger partial charge in [0.05, 0.1) is 19.2 Å². The van der Waals surface area contributed by atoms with Crippen molar-refractivity contribution in [2.75, 3.05) is 4.72 Å². The Morgan fingerprint density at radius 2 is 2.19 bits per heavy atom. The Bertz CT molecular complexity index is 752. The van der Waals surface area contributed by atoms with Crippen LogP contribution in [-0.4, -0.2) is 29.3 Å². The molecule has 1 aromatic heterocycles. The monoisotopic (exact) mass is 309 g/mol. The number of hydrogen-bond donors (Lipinski definition) is 2. The highest BCUT2D eigenvalue weighted by atomic mass is 32.2. The number of carboxylic acids is 1. The van der Waals surface area contributed by atoms with Gasteiger partial charge in [-0.2, -0.15) is 5.10 Å². The van der Waals surface area contributed by atoms with Crippen molar-refractivity contribution in [3.05, 3.63) is 42.2 Å². The first-order chi connectivity index (χ1) is 9.87. The Hall–Kier alpha value is -2.35. The molecule has 0 atom stereocenters. The van der Waals surface area contributed by atoms with Crippen LogP contribution in [0.5, 0.6) is 0 Å². The van der Waals surface area contributed by atoms with Gasteiger partial charge in [0.1, 0.15) is 4.90 Å². The van der Waals surface area contributed by atoms with E-state index in [1.165, 1.54) is 17.1 Å². The lowest BCUT2D eigenvalue weighted by Gasteiger charge is -2.06. The molecular formula is C13H15N3O4S. The zero-order valence-corrected chi connectivity index (χ0v) is 12.2. The van der Waals surface area contributed by atoms with E-state index in [2.05, 4.69) is 9.82 Å². The Morgan fingerprint density at radius 3 is 2.86 bits per heavy atom. The first-order valence-electron chi connectivity index (χ1n) is 6.20. The summed E-state index contributed by atoms with van der Waals surface area (Å²) in [5, 5.41) is 12.4. The van der Waals surface area contributed by atoms with E-state index in [4.69, 9.17) is 5.11 Å². The molecule has 21 heavy (non-hydrogen) atoms. The van der Waals surface area contributed by atoms with Gasteiger partial charge in [0.2, 0.25) is 0 Å². The van der Waals surface area contributed by atoms with Gasteiger partial charge in [-0.05, 0) is 24.6 Å². The molecule has 2 aromatic rings. The van der Waals surface area contributed by atoms with E-state index in [0.29, 0.717) is 5.69 Å². The summed E-state index contributed by atoms with van der Waals surface area (Å²) in [5.41, 5.74) is 1.40. The normalized spacial score (nSPS) is 11.3. The molecule has 2 N–H and O–H groups in total. The van der Waals surface area contributed by atoms with E-state index in [1.54, 1.807) is 18.2 Å². The molecule has 0 spiro atoms. The number of aromatic nitrogens is 2. The topological polar surface area (TPSA) is 101 Å². The summed E-state index contributed by atoms with van der Waals surface area (Å²) in [6.07, 6.45) is 2.38. The Kier molecular flexibility index (Phi) is 4.27. The van der Waals surface area contributed by atoms with E-state index < -0.39 is 16.0 Å². The van der Waals surface area contributed by atoms with Crippen molar-refractivity contribution < 1.29 is 18.3 Å². The summed E-state index contributed by atoms with van der Waals surface area (Å²) in [4.78, 5) is 10.5. The molecule has 112 valence electrons. The second-order valence-corrected chi connectivity index (χ2v) is 6.24. The van der Waals surface area contributed by atoms with Gasteiger partial charge in [-0.1, -0.05) is 12.1 Å². The summed E-state index contributed by atoms with van der Waals surface area (Å²) in [6, 6.07) is 6.98. The van der Waals surface area contributed by atoms with Gasteiger partial charge in [0, 0.05) is 11.9 Å². The van der Waals surface area contributed by atoms with Gasteiger partial charge < -0.3 is 5.11 Å². The molecule has 8 heteroatoms. The third kappa shape index (κ3) is 4.06. The van der Waals surface area contributed by atoms with Gasteiger partial charge in [-0.25, -0.2) is 8.42 Å². The molecule has 0 amide bonds. The highest BCUT2D eigenvalue weighted by molar-refractivity contribution is 7.92. The van der Waals surface area contributed by atoms with Gasteiger partial charge >= 0.3 is 5.97 Å². The van der Waals surface area contributed by atoms with Crippen LogP contribution < -0.4 is 4.72 Å². The van der Waals surface area contributed by atoms with Crippen LogP contribution in [0.25, 0.3) is 0 Å². The molecule has 0 aliphatic heterocycles. The molecule has 0 aliphatic rings. The number of rotatable bonds is 6. The number of aryl methyl sites for hydroxylation is 2. The lowest BCUT2D eigenvalue weighted by molar-refractivity contribution is -0.137. The minimum Gasteiger partial charge on any atom is -0.481 e. The van der Waals surface area contributed by atoms with E-state index >= 15 is 0 Å². The minimum absolute atomic E-state index is 0.00519. The van der Waals surface area contributed by atoms with Crippen molar-refractivity contribution in [3.8, 4) is 0 Å². The van der Waals surface area contributed by atoms with Crippen LogP contribution in [0, 0.1) is 6.92 Å². The number of carboxylic acid groups (broad SMARTS) is 1. The molecule has 0 unspecified atom stereocenters. The summed E-state index contributed by atoms with van der Waals surface area (Å²) < 4.78 is 28.1. The highest BCUT2D eigenvalue weighted by Gasteiger charge is 2.16. The molecule has 0 radical (unpaired) electrons. The van der Waals surface area contributed by atoms with Crippen molar-refractivity contribution in [1.82, 2.24) is 9.78 Å². The fourth-order valence-electron chi connectivity index (χ4n) is 1.74. The molecule has 0 saturated heterocycles. The Balaban J connectivity index is 2.14. The average Bonchev–Trinajstić information content (AvgIpc) is 2.85. The molecule has 0 aliphatic carbocycles. The molecule has 1 aromatic carbocycles. The maximum Gasteiger partial charge on any atom is 0.305 e. The largest absolute Gasteiger partial charge is 0.481 e. The minimum atomic E-state index is -3.73. The molecule has 7 nitrogen and oxygen atoms in total. The fourth-order valence-corrected chi connectivity index (χ4v) is 2.74. The van der Waals surface area contributed by atoms with E-state index in [9.17, 15) is 13.2 Å². The zero-order valence-electron chi connectivity index (χ0n) is 11.4. The third-order valence-corrected chi connectivity index (χ3v) is 4.08. The van der Waals surface area contributed by atoms with Crippen LogP contribution in [0.3, 0.4) is 0 Å². The van der Waals surface area contributed by atoms with Crippen LogP contribution in [0.15, 0.2) is 41.6 Å². The smallest absolute Gasteiger partial charge is 0.305 e. The summed E-state index contributed by atoms with van der Waals surface area (Å²) >= 11 is 0. The van der Waals surface area contributed by atoms with Gasteiger partial charge in [0.15, 0.2) is 0 Å². The Labute approximate surface area is 122 Å². The second-order valence-electron chi connectivity index (χ2n) is 4.56. The molecule has 2 rings (SSSR count). The van der Waals surface area contributed by atoms with Crippen LogP contribution in [0.2, 0.25) is 0 Å². The summed E-state index contributed by atoms with van der Waals surface area (Å²) in [6.45, 7) is 1.98. The van der Waals surface area contributed by atoms with Crippen molar-refractivity contribution in [2.24, 2.45) is 0 Å². The average molecular weight is 309 g/mol. The SMILES string of the molecule is Cc1cccc(NS(=O)(=O)c2cnn(CCC(=O)O)c2)c1. The number of hydrogen-bond acceptors (Lipinski definition) is 4. The van der Waals surface area contributed by atoms with E-state index in [1.807, 2.05) is 13.0 Å². The number of carbonyl (C=O) groups is 1. The van der Waals surface area contributed by atoms with Crippen molar-refractivity contribution in [1.29, 1.82) is 0 Å². The molecular weight excluding hydrogens is 294 g/mol. The van der Waals surface area contributed by atoms with Crippen molar-refractivity contribution in [2.45, 2.75) is 24.8 Å². The van der Waals surface area contributed by atoms with Crippen LogP contribution in [-0.2, 0) is 21.4 Å². The summed E-state index contributed by atoms with van der Waals surface area (Å²) in [5.74, 6) is -0.965. The van der Waals surface area contributed by atoms with Crippen LogP contribution in [0.1, 0.15) is 12.0 Å². The fraction of sp³-hybridized carbons (Fsp3) is 0.231. The number of nitrogens with one attached hydrogen (secondary N) is 1. The lowest BCUT2D eigenvalue weighted by Crippen LogP contribution is -2.12. The first-order valence-corrected chi connectivity index (χ1v) is 7.69. The summed E-state index contributed by atoms with van der Waals surface area (Å²) in [7, 11) is -3.73. The quantitative estimate of drug-likeness (QED) is 0.841. The third-order valence-electron chi connectivity index (χ3n) is 2.74. The number of benzene rings is 1.